The topological polar surface area (TPSA) is 0 Å². The molecule has 0 aliphatic rings. The van der Waals surface area contributed by atoms with Gasteiger partial charge >= 0.3 is 0 Å². The Labute approximate surface area is 49.8 Å². The molecule has 0 unspecified atom stereocenters. The summed E-state index contributed by atoms with van der Waals surface area (Å²) in [6, 6.07) is 9.10. The molecule has 0 N–H and O–H groups in total. The Morgan fingerprint density at radius 2 is 2.25 bits per heavy atom. The Kier molecular flexibility index (Phi) is 1.27. The van der Waals surface area contributed by atoms with Crippen molar-refractivity contribution < 1.29 is 0 Å². The van der Waals surface area contributed by atoms with Crippen LogP contribution in [0.25, 0.3) is 5.57 Å². The summed E-state index contributed by atoms with van der Waals surface area (Å²) in [6.07, 6.45) is 0. The predicted octanol–water partition coefficient (Wildman–Crippen LogP) is 1.40. The van der Waals surface area contributed by atoms with Crippen molar-refractivity contribution in [3.05, 3.63) is 29.5 Å². The summed E-state index contributed by atoms with van der Waals surface area (Å²) in [6.45, 7) is 4.18. The molecule has 0 heterocycles. The summed E-state index contributed by atoms with van der Waals surface area (Å²) in [5, 5.41) is 1.23. The number of hydrogen-bond donors (Lipinski definition) is 0. The third-order valence-electron chi connectivity index (χ3n) is 1.14. The highest BCUT2D eigenvalue weighted by molar-refractivity contribution is 5.37. The highest BCUT2D eigenvalue weighted by Crippen LogP contribution is 1.85. The fraction of sp³-hybridized carbons (Fsp3) is 0.250. The normalized spacial score (nSPS) is 8.75. The van der Waals surface area contributed by atoms with Crippen molar-refractivity contribution in [3.8, 4) is 0 Å². The molecule has 0 atom stereocenters. The van der Waals surface area contributed by atoms with Gasteiger partial charge in [-0.05, 0) is 13.8 Å². The lowest BCUT2D eigenvalue weighted by Crippen LogP contribution is -1.94. The van der Waals surface area contributed by atoms with Gasteiger partial charge < -0.3 is 0 Å². The zero-order chi connectivity index (χ0) is 5.98. The van der Waals surface area contributed by atoms with E-state index in [4.69, 9.17) is 0 Å². The van der Waals surface area contributed by atoms with Crippen molar-refractivity contribution >= 4 is 5.57 Å². The fourth-order valence-corrected chi connectivity index (χ4v) is 0.641. The maximum absolute atomic E-state index is 3.10. The SMILES string of the molecule is CC(C)=c1[c+]ccc1. The summed E-state index contributed by atoms with van der Waals surface area (Å²) >= 11 is 0. The van der Waals surface area contributed by atoms with Crippen LogP contribution in [0.1, 0.15) is 13.8 Å². The molecule has 0 aliphatic carbocycles. The van der Waals surface area contributed by atoms with E-state index in [1.807, 2.05) is 12.1 Å². The summed E-state index contributed by atoms with van der Waals surface area (Å²) < 4.78 is 0. The van der Waals surface area contributed by atoms with Crippen molar-refractivity contribution in [2.75, 3.05) is 0 Å². The molecular formula is C8H9+. The Hall–Kier alpha value is -0.870. The molecule has 1 rings (SSSR count). The molecule has 0 saturated heterocycles. The summed E-state index contributed by atoms with van der Waals surface area (Å²) in [7, 11) is 0. The van der Waals surface area contributed by atoms with E-state index in [9.17, 15) is 0 Å². The first-order valence-corrected chi connectivity index (χ1v) is 2.74. The molecule has 0 bridgehead atoms. The predicted molar refractivity (Wildman–Crippen MR) is 35.3 cm³/mol. The Morgan fingerprint density at radius 3 is 2.50 bits per heavy atom. The van der Waals surface area contributed by atoms with E-state index in [2.05, 4.69) is 26.0 Å². The van der Waals surface area contributed by atoms with E-state index >= 15 is 0 Å². The maximum atomic E-state index is 3.10. The minimum Gasteiger partial charge on any atom is -0.00770 e. The van der Waals surface area contributed by atoms with Gasteiger partial charge in [0, 0.05) is 11.6 Å². The monoisotopic (exact) mass is 105 g/mol. The van der Waals surface area contributed by atoms with Gasteiger partial charge in [0.2, 0.25) is 0 Å². The van der Waals surface area contributed by atoms with Gasteiger partial charge in [-0.2, -0.15) is 0 Å². The third kappa shape index (κ3) is 0.853. The molecule has 0 heteroatoms. The van der Waals surface area contributed by atoms with Gasteiger partial charge in [0.15, 0.2) is 5.22 Å². The standard InChI is InChI=1S/C8H9/c1-7(2)8-5-3-4-6-8/h3-5H,1-2H3/q+1. The molecule has 0 spiro atoms. The van der Waals surface area contributed by atoms with Gasteiger partial charge in [-0.15, -0.1) is 0 Å². The lowest BCUT2D eigenvalue weighted by Gasteiger charge is -1.69. The van der Waals surface area contributed by atoms with Crippen LogP contribution in [0.15, 0.2) is 18.2 Å². The van der Waals surface area contributed by atoms with Crippen molar-refractivity contribution in [2.45, 2.75) is 13.8 Å². The van der Waals surface area contributed by atoms with Gasteiger partial charge in [0.05, 0.1) is 18.2 Å². The van der Waals surface area contributed by atoms with Crippen molar-refractivity contribution in [1.29, 1.82) is 0 Å². The molecule has 0 amide bonds. The van der Waals surface area contributed by atoms with Crippen LogP contribution in [0.3, 0.4) is 0 Å². The van der Waals surface area contributed by atoms with E-state index in [1.54, 1.807) is 0 Å². The van der Waals surface area contributed by atoms with Crippen LogP contribution in [0.4, 0.5) is 0 Å². The number of hydrogen-bond acceptors (Lipinski definition) is 0. The maximum Gasteiger partial charge on any atom is 0.154 e. The van der Waals surface area contributed by atoms with Crippen molar-refractivity contribution in [2.24, 2.45) is 0 Å². The van der Waals surface area contributed by atoms with Gasteiger partial charge in [-0.3, -0.25) is 0 Å². The van der Waals surface area contributed by atoms with Crippen LogP contribution >= 0.6 is 0 Å². The molecule has 0 radical (unpaired) electrons. The van der Waals surface area contributed by atoms with Gasteiger partial charge in [0.25, 0.3) is 0 Å². The Balaban J connectivity index is 3.28. The summed E-state index contributed by atoms with van der Waals surface area (Å²) in [5.41, 5.74) is 1.33. The molecule has 0 fully saturated rings. The summed E-state index contributed by atoms with van der Waals surface area (Å²) in [5.74, 6) is 0. The van der Waals surface area contributed by atoms with E-state index in [0.717, 1.165) is 0 Å². The first-order chi connectivity index (χ1) is 3.80. The van der Waals surface area contributed by atoms with Crippen LogP contribution in [0.5, 0.6) is 0 Å². The van der Waals surface area contributed by atoms with E-state index < -0.39 is 0 Å². The van der Waals surface area contributed by atoms with Crippen molar-refractivity contribution in [1.82, 2.24) is 0 Å². The fourth-order valence-electron chi connectivity index (χ4n) is 0.641. The van der Waals surface area contributed by atoms with Gasteiger partial charge in [-0.25, -0.2) is 0 Å². The van der Waals surface area contributed by atoms with E-state index in [1.165, 1.54) is 10.8 Å². The molecule has 1 aromatic rings. The van der Waals surface area contributed by atoms with Crippen LogP contribution in [0.2, 0.25) is 0 Å². The lowest BCUT2D eigenvalue weighted by atomic mass is 10.3. The summed E-state index contributed by atoms with van der Waals surface area (Å²) in [4.78, 5) is 0. The van der Waals surface area contributed by atoms with E-state index in [0.29, 0.717) is 0 Å². The van der Waals surface area contributed by atoms with Crippen LogP contribution < -0.4 is 5.22 Å². The first-order valence-electron chi connectivity index (χ1n) is 2.74. The minimum atomic E-state index is 1.23. The second-order valence-corrected chi connectivity index (χ2v) is 2.08. The largest absolute Gasteiger partial charge is 0.154 e. The molecule has 0 aromatic heterocycles. The third-order valence-corrected chi connectivity index (χ3v) is 1.14. The molecule has 1 aromatic carbocycles. The van der Waals surface area contributed by atoms with Gasteiger partial charge in [-0.1, -0.05) is 0 Å². The zero-order valence-corrected chi connectivity index (χ0v) is 5.23. The van der Waals surface area contributed by atoms with Crippen molar-refractivity contribution in [3.63, 3.8) is 0 Å². The highest BCUT2D eigenvalue weighted by atomic mass is 13.8. The van der Waals surface area contributed by atoms with E-state index in [-0.39, 0.29) is 0 Å². The first kappa shape index (κ1) is 5.27. The quantitative estimate of drug-likeness (QED) is 0.437. The molecule has 40 valence electrons. The average Bonchev–Trinajstić information content (AvgIpc) is 2.12. The number of rotatable bonds is 0. The average molecular weight is 105 g/mol. The Morgan fingerprint density at radius 1 is 1.50 bits per heavy atom. The minimum absolute atomic E-state index is 1.23. The second-order valence-electron chi connectivity index (χ2n) is 2.08. The zero-order valence-electron chi connectivity index (χ0n) is 5.23. The highest BCUT2D eigenvalue weighted by Gasteiger charge is 1.90. The molecule has 8 heavy (non-hydrogen) atoms. The molecule has 0 saturated carbocycles. The second kappa shape index (κ2) is 1.94. The van der Waals surface area contributed by atoms with Gasteiger partial charge in [0.1, 0.15) is 0 Å². The lowest BCUT2D eigenvalue weighted by molar-refractivity contribution is 1.54. The molecule has 0 aliphatic heterocycles. The Bertz CT molecular complexity index is 189. The molecular weight excluding hydrogens is 96.1 g/mol. The van der Waals surface area contributed by atoms with Crippen LogP contribution in [-0.2, 0) is 0 Å². The van der Waals surface area contributed by atoms with Crippen LogP contribution in [-0.4, -0.2) is 0 Å². The smallest absolute Gasteiger partial charge is 0.00770 e. The van der Waals surface area contributed by atoms with Crippen LogP contribution in [0, 0.1) is 6.07 Å². The molecule has 0 nitrogen and oxygen atoms in total.